The molecule has 2 aliphatic carbocycles. The average molecular weight is 909 g/mol. The number of nitrogens with one attached hydrogen (secondary N) is 3. The molecule has 1 amide bonds. The van der Waals surface area contributed by atoms with Crippen molar-refractivity contribution in [2.24, 2.45) is 11.8 Å². The number of aromatic nitrogens is 2. The lowest BCUT2D eigenvalue weighted by atomic mass is 9.81. The molecule has 11 N–H and O–H groups in total. The minimum atomic E-state index is -1.91. The first-order chi connectivity index (χ1) is 30.5. The topological polar surface area (TPSA) is 358 Å². The van der Waals surface area contributed by atoms with Gasteiger partial charge in [-0.25, -0.2) is 14.4 Å². The van der Waals surface area contributed by atoms with Gasteiger partial charge in [-0.2, -0.15) is 0 Å². The molecule has 1 aromatic carbocycles. The number of methoxy groups -OCH3 is 1. The highest BCUT2D eigenvalue weighted by Gasteiger charge is 2.54. The molecule has 9 unspecified atom stereocenters. The fourth-order valence-corrected chi connectivity index (χ4v) is 8.69. The Balaban J connectivity index is 1.41. The summed E-state index contributed by atoms with van der Waals surface area (Å²) in [7, 11) is 1.11. The van der Waals surface area contributed by atoms with E-state index in [1.54, 1.807) is 0 Å². The van der Waals surface area contributed by atoms with Crippen molar-refractivity contribution < 1.29 is 83.0 Å². The fourth-order valence-electron chi connectivity index (χ4n) is 8.69. The summed E-state index contributed by atoms with van der Waals surface area (Å²) >= 11 is 0. The zero-order valence-electron chi connectivity index (χ0n) is 35.1. The van der Waals surface area contributed by atoms with Crippen LogP contribution in [0.1, 0.15) is 79.1 Å². The smallest absolute Gasteiger partial charge is 0.338 e. The van der Waals surface area contributed by atoms with Gasteiger partial charge in [-0.05, 0) is 56.4 Å². The van der Waals surface area contributed by atoms with E-state index in [4.69, 9.17) is 38.9 Å². The van der Waals surface area contributed by atoms with E-state index in [1.165, 1.54) is 31.2 Å². The Labute approximate surface area is 365 Å². The number of aliphatic hydroxyl groups excluding tert-OH is 5. The lowest BCUT2D eigenvalue weighted by molar-refractivity contribution is -0.347. The van der Waals surface area contributed by atoms with Crippen molar-refractivity contribution in [1.82, 2.24) is 15.3 Å². The maximum Gasteiger partial charge on any atom is 0.338 e. The van der Waals surface area contributed by atoms with E-state index >= 15 is 0 Å². The van der Waals surface area contributed by atoms with Gasteiger partial charge in [0, 0.05) is 11.8 Å². The molecule has 4 aliphatic rings. The van der Waals surface area contributed by atoms with E-state index < -0.39 is 139 Å². The van der Waals surface area contributed by atoms with Crippen LogP contribution in [-0.2, 0) is 42.7 Å². The molecule has 23 nitrogen and oxygen atoms in total. The molecule has 1 aromatic heterocycles. The van der Waals surface area contributed by atoms with Crippen LogP contribution >= 0.6 is 0 Å². The Morgan fingerprint density at radius 2 is 1.58 bits per heavy atom. The standard InChI is InChI=1S/C41H56N4O19/c1-17-28(48)30(50)31(51)39(59-17)64-32-22(43-35(52)23-15-27(47)45-41(57)44-23)13-20(37(55)58-2)14-24(32)61-40-34(63-38(56)19-8-10-21(42)11-9-19)33(29(49)26(16-46)62-40)60-25(36(53)54)12-18-6-4-3-5-7-18/h8-11,15,17-18,20,22,24-26,28-34,39-40,46,48-51H,3-7,12-14,16,42H2,1-2H3,(H,43,52)(H,53,54)(H2,44,45,47,57)/t17?,20?,22?,24-,25+,26?,28-,29+,30?,31?,32?,33?,34?,39+,40-/m1/s1. The van der Waals surface area contributed by atoms with Crippen molar-refractivity contribution in [3.8, 4) is 0 Å². The van der Waals surface area contributed by atoms with Crippen LogP contribution in [0, 0.1) is 11.8 Å². The minimum Gasteiger partial charge on any atom is -0.479 e. The third-order valence-electron chi connectivity index (χ3n) is 12.1. The number of rotatable bonds is 15. The summed E-state index contributed by atoms with van der Waals surface area (Å²) in [5, 5.41) is 67.3. The number of carbonyl (C=O) groups is 4. The van der Waals surface area contributed by atoms with Gasteiger partial charge < -0.3 is 79.8 Å². The predicted octanol–water partition coefficient (Wildman–Crippen LogP) is -1.96. The van der Waals surface area contributed by atoms with Crippen LogP contribution in [0.3, 0.4) is 0 Å². The Kier molecular flexibility index (Phi) is 16.3. The number of aliphatic carboxylic acids is 1. The summed E-state index contributed by atoms with van der Waals surface area (Å²) in [6, 6.07) is 4.95. The molecule has 2 saturated heterocycles. The van der Waals surface area contributed by atoms with E-state index in [0.29, 0.717) is 5.69 Å². The van der Waals surface area contributed by atoms with Gasteiger partial charge in [0.15, 0.2) is 24.8 Å². The van der Waals surface area contributed by atoms with Crippen LogP contribution in [0.25, 0.3) is 0 Å². The van der Waals surface area contributed by atoms with Crippen LogP contribution in [0.15, 0.2) is 39.9 Å². The van der Waals surface area contributed by atoms with Gasteiger partial charge in [0.1, 0.15) is 48.4 Å². The first-order valence-electron chi connectivity index (χ1n) is 21.1. The average Bonchev–Trinajstić information content (AvgIpc) is 3.26. The molecule has 4 fully saturated rings. The first kappa shape index (κ1) is 48.6. The number of nitrogens with two attached hydrogens (primary N) is 1. The van der Waals surface area contributed by atoms with Crippen molar-refractivity contribution in [1.29, 1.82) is 0 Å². The summed E-state index contributed by atoms with van der Waals surface area (Å²) in [6.07, 6.45) is -18.0. The van der Waals surface area contributed by atoms with E-state index in [2.05, 4.69) is 10.3 Å². The van der Waals surface area contributed by atoms with Crippen molar-refractivity contribution in [3.63, 3.8) is 0 Å². The Bertz CT molecular complexity index is 2010. The zero-order valence-corrected chi connectivity index (χ0v) is 35.1. The summed E-state index contributed by atoms with van der Waals surface area (Å²) in [6.45, 7) is 0.498. The largest absolute Gasteiger partial charge is 0.479 e. The van der Waals surface area contributed by atoms with Gasteiger partial charge in [0.05, 0.1) is 43.4 Å². The number of carboxylic acid groups (broad SMARTS) is 1. The third-order valence-corrected chi connectivity index (χ3v) is 12.1. The molecule has 15 atom stereocenters. The van der Waals surface area contributed by atoms with Crippen molar-refractivity contribution in [2.75, 3.05) is 19.5 Å². The van der Waals surface area contributed by atoms with E-state index in [-0.39, 0.29) is 30.7 Å². The first-order valence-corrected chi connectivity index (χ1v) is 21.1. The highest BCUT2D eigenvalue weighted by atomic mass is 16.7. The summed E-state index contributed by atoms with van der Waals surface area (Å²) in [4.78, 5) is 82.0. The second-order valence-corrected chi connectivity index (χ2v) is 16.6. The lowest BCUT2D eigenvalue weighted by Gasteiger charge is -2.48. The lowest BCUT2D eigenvalue weighted by Crippen LogP contribution is -2.65. The highest BCUT2D eigenvalue weighted by molar-refractivity contribution is 5.92. The number of amides is 1. The van der Waals surface area contributed by atoms with Gasteiger partial charge in [0.25, 0.3) is 11.5 Å². The maximum absolute atomic E-state index is 13.8. The number of aliphatic hydroxyl groups is 5. The number of aromatic amines is 2. The molecule has 354 valence electrons. The quantitative estimate of drug-likeness (QED) is 0.0685. The summed E-state index contributed by atoms with van der Waals surface area (Å²) in [5.74, 6) is -5.41. The third kappa shape index (κ3) is 11.5. The summed E-state index contributed by atoms with van der Waals surface area (Å²) in [5.41, 5.74) is 3.67. The number of hydrogen-bond acceptors (Lipinski definition) is 19. The SMILES string of the molecule is COC(=O)C1CC(NC(=O)c2cc(=O)[nH]c(=O)[nH]2)C(O[C@@H]2OC(C)[C@@H](O)C(O)C2O)[C@H](O[C@@H]2OC(CO)[C@H](O)C(O[C@@H](CC3CCCCC3)C(=O)O)C2OC(=O)c2ccc(N)cc2)C1. The monoisotopic (exact) mass is 908 g/mol. The van der Waals surface area contributed by atoms with Crippen molar-refractivity contribution in [3.05, 3.63) is 62.4 Å². The molecule has 6 rings (SSSR count). The molecule has 0 bridgehead atoms. The molecule has 2 aliphatic heterocycles. The normalized spacial score (nSPS) is 34.0. The molecule has 2 aromatic rings. The number of benzene rings is 1. The number of esters is 2. The summed E-state index contributed by atoms with van der Waals surface area (Å²) < 4.78 is 41.7. The molecular weight excluding hydrogens is 852 g/mol. The number of nitrogen functional groups attached to an aromatic ring is 1. The fraction of sp³-hybridized carbons (Fsp3) is 0.659. The van der Waals surface area contributed by atoms with Crippen LogP contribution in [-0.4, -0.2) is 164 Å². The van der Waals surface area contributed by atoms with E-state index in [9.17, 15) is 59.4 Å². The molecule has 3 heterocycles. The molecular formula is C41H56N4O19. The van der Waals surface area contributed by atoms with E-state index in [0.717, 1.165) is 45.3 Å². The number of anilines is 1. The van der Waals surface area contributed by atoms with Gasteiger partial charge in [-0.3, -0.25) is 19.4 Å². The number of ether oxygens (including phenoxy) is 7. The second-order valence-electron chi connectivity index (χ2n) is 16.6. The maximum atomic E-state index is 13.8. The Morgan fingerprint density at radius 1 is 0.875 bits per heavy atom. The highest BCUT2D eigenvalue weighted by Crippen LogP contribution is 2.38. The Hall–Kier alpha value is -4.82. The van der Waals surface area contributed by atoms with E-state index in [1.807, 2.05) is 4.98 Å². The molecule has 2 saturated carbocycles. The van der Waals surface area contributed by atoms with Gasteiger partial charge >= 0.3 is 23.6 Å². The van der Waals surface area contributed by atoms with Gasteiger partial charge in [-0.1, -0.05) is 32.1 Å². The molecule has 0 radical (unpaired) electrons. The molecule has 64 heavy (non-hydrogen) atoms. The number of H-pyrrole nitrogens is 2. The van der Waals surface area contributed by atoms with Crippen LogP contribution in [0.4, 0.5) is 5.69 Å². The second kappa shape index (κ2) is 21.4. The molecule has 23 heteroatoms. The Morgan fingerprint density at radius 3 is 2.22 bits per heavy atom. The zero-order chi connectivity index (χ0) is 46.4. The van der Waals surface area contributed by atoms with Crippen LogP contribution in [0.2, 0.25) is 0 Å². The number of hydrogen-bond donors (Lipinski definition) is 10. The van der Waals surface area contributed by atoms with Crippen molar-refractivity contribution in [2.45, 2.75) is 144 Å². The number of carboxylic acids is 1. The van der Waals surface area contributed by atoms with Crippen LogP contribution < -0.4 is 22.3 Å². The molecule has 0 spiro atoms. The predicted molar refractivity (Wildman–Crippen MR) is 215 cm³/mol. The van der Waals surface area contributed by atoms with Crippen molar-refractivity contribution >= 4 is 29.5 Å². The van der Waals surface area contributed by atoms with Crippen LogP contribution in [0.5, 0.6) is 0 Å². The number of carbonyl (C=O) groups excluding carboxylic acids is 3. The van der Waals surface area contributed by atoms with Gasteiger partial charge in [0.2, 0.25) is 0 Å². The van der Waals surface area contributed by atoms with Gasteiger partial charge in [-0.15, -0.1) is 0 Å². The minimum absolute atomic E-state index is 0.0361.